The highest BCUT2D eigenvalue weighted by Crippen LogP contribution is 2.26. The van der Waals surface area contributed by atoms with E-state index in [4.69, 9.17) is 5.41 Å². The molecule has 1 aliphatic heterocycles. The molecule has 2 heterocycles. The first kappa shape index (κ1) is 19.5. The third-order valence-corrected chi connectivity index (χ3v) is 4.97. The van der Waals surface area contributed by atoms with Gasteiger partial charge in [-0.25, -0.2) is 8.78 Å². The van der Waals surface area contributed by atoms with E-state index in [1.165, 1.54) is 18.3 Å². The molecule has 0 spiro atoms. The second-order valence-electron chi connectivity index (χ2n) is 6.89. The Hall–Kier alpha value is -3.81. The highest BCUT2D eigenvalue weighted by atomic mass is 19.1. The van der Waals surface area contributed by atoms with E-state index < -0.39 is 22.9 Å². The third-order valence-electron chi connectivity index (χ3n) is 4.97. The van der Waals surface area contributed by atoms with Crippen molar-refractivity contribution in [3.8, 4) is 0 Å². The number of halogens is 2. The fourth-order valence-electron chi connectivity index (χ4n) is 3.46. The first-order valence-electron chi connectivity index (χ1n) is 9.38. The molecule has 3 N–H and O–H groups in total. The second-order valence-corrected chi connectivity index (χ2v) is 6.89. The summed E-state index contributed by atoms with van der Waals surface area (Å²) in [5.41, 5.74) is 0.120. The van der Waals surface area contributed by atoms with E-state index in [2.05, 4.69) is 10.3 Å². The van der Waals surface area contributed by atoms with Gasteiger partial charge in [0.15, 0.2) is 0 Å². The first-order valence-corrected chi connectivity index (χ1v) is 9.38. The van der Waals surface area contributed by atoms with Gasteiger partial charge < -0.3 is 15.2 Å². The molecule has 0 radical (unpaired) electrons. The molecule has 3 aromatic rings. The predicted octanol–water partition coefficient (Wildman–Crippen LogP) is 3.94. The van der Waals surface area contributed by atoms with Crippen LogP contribution in [0.15, 0.2) is 59.5 Å². The Morgan fingerprint density at radius 1 is 1.03 bits per heavy atom. The number of hydrogen-bond donors (Lipinski definition) is 3. The van der Waals surface area contributed by atoms with Gasteiger partial charge in [-0.2, -0.15) is 0 Å². The molecular formula is C22H18F2N4O2. The van der Waals surface area contributed by atoms with E-state index in [0.29, 0.717) is 18.5 Å². The van der Waals surface area contributed by atoms with Crippen molar-refractivity contribution >= 4 is 28.7 Å². The molecule has 1 amide bonds. The van der Waals surface area contributed by atoms with Gasteiger partial charge in [0.1, 0.15) is 17.3 Å². The summed E-state index contributed by atoms with van der Waals surface area (Å²) in [6, 6.07) is 11.6. The number of anilines is 3. The zero-order valence-corrected chi connectivity index (χ0v) is 15.8. The number of H-pyrrole nitrogens is 1. The van der Waals surface area contributed by atoms with Gasteiger partial charge >= 0.3 is 0 Å². The molecule has 1 fully saturated rings. The Labute approximate surface area is 170 Å². The van der Waals surface area contributed by atoms with Gasteiger partial charge in [-0.1, -0.05) is 18.2 Å². The molecule has 2 aromatic carbocycles. The Morgan fingerprint density at radius 3 is 2.37 bits per heavy atom. The fraction of sp³-hybridized carbons (Fsp3) is 0.136. The second kappa shape index (κ2) is 7.90. The minimum Gasteiger partial charge on any atom is -0.350 e. The number of benzene rings is 2. The molecule has 0 atom stereocenters. The lowest BCUT2D eigenvalue weighted by Crippen LogP contribution is -2.24. The van der Waals surface area contributed by atoms with Crippen molar-refractivity contribution in [2.24, 2.45) is 0 Å². The molecule has 4 rings (SSSR count). The smallest absolute Gasteiger partial charge is 0.259 e. The molecule has 30 heavy (non-hydrogen) atoms. The molecule has 0 bridgehead atoms. The quantitative estimate of drug-likeness (QED) is 0.559. The highest BCUT2D eigenvalue weighted by Gasteiger charge is 2.22. The lowest BCUT2D eigenvalue weighted by Gasteiger charge is -2.17. The average Bonchev–Trinajstić information content (AvgIpc) is 3.16. The van der Waals surface area contributed by atoms with Crippen LogP contribution in [0.4, 0.5) is 25.8 Å². The molecule has 1 aromatic heterocycles. The van der Waals surface area contributed by atoms with Crippen LogP contribution < -0.4 is 15.8 Å². The number of carbonyl (C=O) groups is 1. The number of rotatable bonds is 5. The summed E-state index contributed by atoms with van der Waals surface area (Å²) >= 11 is 0. The molecule has 6 nitrogen and oxygen atoms in total. The van der Waals surface area contributed by atoms with Crippen LogP contribution in [0.5, 0.6) is 0 Å². The van der Waals surface area contributed by atoms with Crippen molar-refractivity contribution in [1.29, 1.82) is 5.41 Å². The van der Waals surface area contributed by atoms with Crippen LogP contribution in [0.25, 0.3) is 0 Å². The van der Waals surface area contributed by atoms with Gasteiger partial charge in [-0.05, 0) is 36.8 Å². The molecule has 152 valence electrons. The van der Waals surface area contributed by atoms with Crippen LogP contribution in [-0.4, -0.2) is 23.1 Å². The maximum Gasteiger partial charge on any atom is 0.259 e. The minimum atomic E-state index is -0.813. The summed E-state index contributed by atoms with van der Waals surface area (Å²) in [4.78, 5) is 28.5. The van der Waals surface area contributed by atoms with E-state index in [1.807, 2.05) is 0 Å². The fourth-order valence-corrected chi connectivity index (χ4v) is 3.46. The van der Waals surface area contributed by atoms with Crippen LogP contribution >= 0.6 is 0 Å². The van der Waals surface area contributed by atoms with Crippen molar-refractivity contribution < 1.29 is 13.6 Å². The number of aromatic nitrogens is 1. The number of nitrogens with zero attached hydrogens (tertiary/aromatic N) is 1. The summed E-state index contributed by atoms with van der Waals surface area (Å²) in [6.45, 7) is 0.649. The SMILES string of the molecule is N=C(c1ccc(N2CCCC2=O)cc1)c1c(Nc2c(F)cccc2F)cc[nH]c1=O. The molecule has 0 unspecified atom stereocenters. The summed E-state index contributed by atoms with van der Waals surface area (Å²) < 4.78 is 28.1. The Kier molecular flexibility index (Phi) is 5.14. The zero-order chi connectivity index (χ0) is 21.3. The van der Waals surface area contributed by atoms with Crippen molar-refractivity contribution in [2.75, 3.05) is 16.8 Å². The topological polar surface area (TPSA) is 89.1 Å². The number of aromatic amines is 1. The standard InChI is InChI=1S/C22H18F2N4O2/c23-15-3-1-4-16(24)21(15)27-17-10-11-26-22(30)19(17)20(25)13-6-8-14(9-7-13)28-12-2-5-18(28)29/h1,3-4,6-11,25H,2,5,12H2,(H2,26,27,30). The van der Waals surface area contributed by atoms with Crippen LogP contribution in [0.1, 0.15) is 24.0 Å². The molecule has 0 aliphatic carbocycles. The van der Waals surface area contributed by atoms with Crippen molar-refractivity contribution in [3.05, 3.63) is 87.8 Å². The first-order chi connectivity index (χ1) is 14.5. The van der Waals surface area contributed by atoms with E-state index in [1.54, 1.807) is 29.2 Å². The maximum atomic E-state index is 14.0. The summed E-state index contributed by atoms with van der Waals surface area (Å²) in [6.07, 6.45) is 2.65. The number of pyridine rings is 1. The number of para-hydroxylation sites is 1. The third kappa shape index (κ3) is 3.59. The molecule has 8 heteroatoms. The zero-order valence-electron chi connectivity index (χ0n) is 15.8. The Balaban J connectivity index is 1.68. The highest BCUT2D eigenvalue weighted by molar-refractivity contribution is 6.14. The lowest BCUT2D eigenvalue weighted by molar-refractivity contribution is -0.117. The van der Waals surface area contributed by atoms with Crippen molar-refractivity contribution in [2.45, 2.75) is 12.8 Å². The normalized spacial score (nSPS) is 13.5. The summed E-state index contributed by atoms with van der Waals surface area (Å²) in [7, 11) is 0. The van der Waals surface area contributed by atoms with Gasteiger partial charge in [-0.15, -0.1) is 0 Å². The van der Waals surface area contributed by atoms with Crippen molar-refractivity contribution in [1.82, 2.24) is 4.98 Å². The maximum absolute atomic E-state index is 14.0. The Bertz CT molecular complexity index is 1170. The summed E-state index contributed by atoms with van der Waals surface area (Å²) in [5.74, 6) is -1.57. The van der Waals surface area contributed by atoms with Crippen LogP contribution in [-0.2, 0) is 4.79 Å². The van der Waals surface area contributed by atoms with Gasteiger partial charge in [0.05, 0.1) is 17.0 Å². The minimum absolute atomic E-state index is 0.0508. The molecular weight excluding hydrogens is 390 g/mol. The van der Waals surface area contributed by atoms with E-state index in [-0.39, 0.29) is 22.9 Å². The lowest BCUT2D eigenvalue weighted by atomic mass is 10.0. The molecule has 1 aliphatic rings. The predicted molar refractivity (Wildman–Crippen MR) is 111 cm³/mol. The number of amides is 1. The van der Waals surface area contributed by atoms with E-state index >= 15 is 0 Å². The van der Waals surface area contributed by atoms with Crippen molar-refractivity contribution in [3.63, 3.8) is 0 Å². The Morgan fingerprint density at radius 2 is 1.73 bits per heavy atom. The number of carbonyl (C=O) groups excluding carboxylic acids is 1. The molecule has 1 saturated heterocycles. The van der Waals surface area contributed by atoms with Crippen LogP contribution in [0, 0.1) is 17.0 Å². The van der Waals surface area contributed by atoms with Gasteiger partial charge in [0.25, 0.3) is 5.56 Å². The van der Waals surface area contributed by atoms with E-state index in [0.717, 1.165) is 24.2 Å². The van der Waals surface area contributed by atoms with Gasteiger partial charge in [0, 0.05) is 30.4 Å². The number of nitrogens with one attached hydrogen (secondary N) is 3. The average molecular weight is 408 g/mol. The van der Waals surface area contributed by atoms with Crippen LogP contribution in [0.3, 0.4) is 0 Å². The summed E-state index contributed by atoms with van der Waals surface area (Å²) in [5, 5.41) is 11.1. The van der Waals surface area contributed by atoms with Gasteiger partial charge in [0.2, 0.25) is 5.91 Å². The monoisotopic (exact) mass is 408 g/mol. The van der Waals surface area contributed by atoms with E-state index in [9.17, 15) is 18.4 Å². The van der Waals surface area contributed by atoms with Gasteiger partial charge in [-0.3, -0.25) is 15.0 Å². The molecule has 0 saturated carbocycles. The number of hydrogen-bond acceptors (Lipinski definition) is 4. The largest absolute Gasteiger partial charge is 0.350 e. The van der Waals surface area contributed by atoms with Crippen LogP contribution in [0.2, 0.25) is 0 Å².